The summed E-state index contributed by atoms with van der Waals surface area (Å²) >= 11 is 12.4. The first-order valence-electron chi connectivity index (χ1n) is 12.5. The van der Waals surface area contributed by atoms with E-state index in [2.05, 4.69) is 9.80 Å². The van der Waals surface area contributed by atoms with Crippen LogP contribution in [-0.4, -0.2) is 42.0 Å². The normalized spacial score (nSPS) is 19.8. The fourth-order valence-corrected chi connectivity index (χ4v) is 5.71. The van der Waals surface area contributed by atoms with E-state index in [9.17, 15) is 26.3 Å². The fourth-order valence-electron chi connectivity index (χ4n) is 5.40. The lowest BCUT2D eigenvalue weighted by Crippen LogP contribution is -2.51. The van der Waals surface area contributed by atoms with Crippen LogP contribution in [0.15, 0.2) is 36.4 Å². The molecule has 10 heteroatoms. The van der Waals surface area contributed by atoms with Gasteiger partial charge in [-0.1, -0.05) is 48.5 Å². The highest BCUT2D eigenvalue weighted by Gasteiger charge is 2.37. The van der Waals surface area contributed by atoms with Gasteiger partial charge in [-0.15, -0.1) is 0 Å². The lowest BCUT2D eigenvalue weighted by atomic mass is 9.93. The molecule has 203 valence electrons. The lowest BCUT2D eigenvalue weighted by molar-refractivity contribution is -0.143. The SMILES string of the molecule is FC(F)(F)c1cc(C[CH]C(c2ccc(Cl)c(Cl)c2)N2CCN(C3CCCCC3)CC2)cc(C(F)(F)F)c1. The molecule has 2 fully saturated rings. The molecule has 2 aromatic carbocycles. The Morgan fingerprint density at radius 1 is 0.784 bits per heavy atom. The van der Waals surface area contributed by atoms with Gasteiger partial charge < -0.3 is 0 Å². The maximum Gasteiger partial charge on any atom is 0.416 e. The van der Waals surface area contributed by atoms with Crippen LogP contribution in [0.1, 0.15) is 60.4 Å². The molecule has 1 saturated carbocycles. The van der Waals surface area contributed by atoms with E-state index in [1.165, 1.54) is 32.1 Å². The molecule has 1 radical (unpaired) electrons. The number of piperazine rings is 1. The third-order valence-corrected chi connectivity index (χ3v) is 8.08. The summed E-state index contributed by atoms with van der Waals surface area (Å²) < 4.78 is 80.1. The van der Waals surface area contributed by atoms with Crippen LogP contribution in [-0.2, 0) is 18.8 Å². The van der Waals surface area contributed by atoms with Crippen molar-refractivity contribution in [3.8, 4) is 0 Å². The zero-order valence-corrected chi connectivity index (χ0v) is 21.7. The average molecular weight is 566 g/mol. The summed E-state index contributed by atoms with van der Waals surface area (Å²) in [5.41, 5.74) is -1.87. The minimum atomic E-state index is -4.88. The Hall–Kier alpha value is -1.48. The van der Waals surface area contributed by atoms with Crippen molar-refractivity contribution in [1.82, 2.24) is 9.80 Å². The van der Waals surface area contributed by atoms with Gasteiger partial charge in [0, 0.05) is 38.3 Å². The van der Waals surface area contributed by atoms with Crippen LogP contribution >= 0.6 is 23.2 Å². The van der Waals surface area contributed by atoms with Gasteiger partial charge in [-0.2, -0.15) is 26.3 Å². The molecule has 4 rings (SSSR count). The van der Waals surface area contributed by atoms with Gasteiger partial charge in [-0.25, -0.2) is 0 Å². The van der Waals surface area contributed by atoms with Crippen LogP contribution in [0, 0.1) is 6.42 Å². The molecule has 1 saturated heterocycles. The van der Waals surface area contributed by atoms with Crippen LogP contribution < -0.4 is 0 Å². The van der Waals surface area contributed by atoms with E-state index >= 15 is 0 Å². The molecule has 0 spiro atoms. The minimum Gasteiger partial charge on any atom is -0.298 e. The summed E-state index contributed by atoms with van der Waals surface area (Å²) in [6.45, 7) is 3.18. The number of alkyl halides is 6. The fraction of sp³-hybridized carbons (Fsp3) is 0.519. The molecule has 0 bridgehead atoms. The highest BCUT2D eigenvalue weighted by molar-refractivity contribution is 6.42. The van der Waals surface area contributed by atoms with E-state index in [4.69, 9.17) is 23.2 Å². The van der Waals surface area contributed by atoms with Crippen molar-refractivity contribution in [3.05, 3.63) is 75.1 Å². The molecule has 37 heavy (non-hydrogen) atoms. The quantitative estimate of drug-likeness (QED) is 0.324. The molecule has 2 aliphatic rings. The molecule has 1 aliphatic heterocycles. The van der Waals surface area contributed by atoms with Crippen LogP contribution in [0.5, 0.6) is 0 Å². The number of nitrogens with zero attached hydrogens (tertiary/aromatic N) is 2. The predicted octanol–water partition coefficient (Wildman–Crippen LogP) is 8.47. The van der Waals surface area contributed by atoms with E-state index in [0.717, 1.165) is 43.9 Å². The highest BCUT2D eigenvalue weighted by Crippen LogP contribution is 2.38. The van der Waals surface area contributed by atoms with Gasteiger partial charge >= 0.3 is 12.4 Å². The largest absolute Gasteiger partial charge is 0.416 e. The van der Waals surface area contributed by atoms with Crippen molar-refractivity contribution in [2.75, 3.05) is 26.2 Å². The van der Waals surface area contributed by atoms with Gasteiger partial charge in [0.05, 0.1) is 21.2 Å². The molecule has 2 aromatic rings. The van der Waals surface area contributed by atoms with Gasteiger partial charge in [0.1, 0.15) is 0 Å². The van der Waals surface area contributed by atoms with Gasteiger partial charge in [-0.3, -0.25) is 9.80 Å². The molecule has 0 aromatic heterocycles. The summed E-state index contributed by atoms with van der Waals surface area (Å²) in [5, 5.41) is 0.718. The molecule has 2 nitrogen and oxygen atoms in total. The summed E-state index contributed by atoms with van der Waals surface area (Å²) in [7, 11) is 0. The summed E-state index contributed by atoms with van der Waals surface area (Å²) in [4.78, 5) is 4.71. The van der Waals surface area contributed by atoms with Crippen LogP contribution in [0.4, 0.5) is 26.3 Å². The van der Waals surface area contributed by atoms with Gasteiger partial charge in [0.2, 0.25) is 0 Å². The Morgan fingerprint density at radius 3 is 1.92 bits per heavy atom. The van der Waals surface area contributed by atoms with Crippen molar-refractivity contribution in [2.24, 2.45) is 0 Å². The van der Waals surface area contributed by atoms with Crippen molar-refractivity contribution in [2.45, 2.75) is 63.0 Å². The molecule has 1 heterocycles. The number of hydrogen-bond acceptors (Lipinski definition) is 2. The molecule has 1 atom stereocenters. The topological polar surface area (TPSA) is 6.48 Å². The van der Waals surface area contributed by atoms with Crippen LogP contribution in [0.2, 0.25) is 10.0 Å². The van der Waals surface area contributed by atoms with E-state index in [0.29, 0.717) is 16.1 Å². The number of hydrogen-bond donors (Lipinski definition) is 0. The Kier molecular flexibility index (Phi) is 9.04. The van der Waals surface area contributed by atoms with Gasteiger partial charge in [-0.05, 0) is 67.1 Å². The zero-order valence-electron chi connectivity index (χ0n) is 20.2. The van der Waals surface area contributed by atoms with E-state index in [-0.39, 0.29) is 24.1 Å². The number of rotatable bonds is 6. The molecular formula is C27H29Cl2F6N2. The summed E-state index contributed by atoms with van der Waals surface area (Å²) in [5.74, 6) is 0. The number of benzene rings is 2. The Bertz CT molecular complexity index is 1030. The van der Waals surface area contributed by atoms with Gasteiger partial charge in [0.25, 0.3) is 0 Å². The third kappa shape index (κ3) is 7.34. The average Bonchev–Trinajstić information content (AvgIpc) is 2.86. The highest BCUT2D eigenvalue weighted by atomic mass is 35.5. The Labute approximate surface area is 223 Å². The van der Waals surface area contributed by atoms with Crippen LogP contribution in [0.25, 0.3) is 0 Å². The maximum absolute atomic E-state index is 13.3. The summed E-state index contributed by atoms with van der Waals surface area (Å²) in [6, 6.07) is 7.15. The van der Waals surface area contributed by atoms with Crippen LogP contribution in [0.3, 0.4) is 0 Å². The second-order valence-electron chi connectivity index (χ2n) is 9.84. The second-order valence-corrected chi connectivity index (χ2v) is 10.7. The molecule has 1 aliphatic carbocycles. The molecule has 0 N–H and O–H groups in total. The Morgan fingerprint density at radius 2 is 1.38 bits per heavy atom. The first kappa shape index (κ1) is 28.5. The molecule has 1 unspecified atom stereocenters. The van der Waals surface area contributed by atoms with E-state index < -0.39 is 23.5 Å². The first-order valence-corrected chi connectivity index (χ1v) is 13.2. The minimum absolute atomic E-state index is 0.0481. The second kappa shape index (κ2) is 11.7. The van der Waals surface area contributed by atoms with E-state index in [1.807, 2.05) is 0 Å². The Balaban J connectivity index is 1.55. The predicted molar refractivity (Wildman–Crippen MR) is 134 cm³/mol. The first-order chi connectivity index (χ1) is 17.4. The van der Waals surface area contributed by atoms with Gasteiger partial charge in [0.15, 0.2) is 0 Å². The molecule has 0 amide bonds. The van der Waals surface area contributed by atoms with Crippen molar-refractivity contribution in [1.29, 1.82) is 0 Å². The van der Waals surface area contributed by atoms with Crippen molar-refractivity contribution >= 4 is 23.2 Å². The third-order valence-electron chi connectivity index (χ3n) is 7.34. The zero-order chi connectivity index (χ0) is 26.8. The molecular weight excluding hydrogens is 537 g/mol. The van der Waals surface area contributed by atoms with Crippen molar-refractivity contribution in [3.63, 3.8) is 0 Å². The number of halogens is 8. The monoisotopic (exact) mass is 565 g/mol. The summed E-state index contributed by atoms with van der Waals surface area (Å²) in [6.07, 6.45) is -1.92. The lowest BCUT2D eigenvalue weighted by Gasteiger charge is -2.43. The van der Waals surface area contributed by atoms with E-state index in [1.54, 1.807) is 24.6 Å². The van der Waals surface area contributed by atoms with Crippen molar-refractivity contribution < 1.29 is 26.3 Å². The smallest absolute Gasteiger partial charge is 0.298 e. The maximum atomic E-state index is 13.3. The standard InChI is InChI=1S/C27H29Cl2F6N2/c28-23-8-7-19(16-24(23)29)25(37-12-10-36(11-13-37)22-4-2-1-3-5-22)9-6-18-14-20(26(30,31)32)17-21(15-18)27(33,34)35/h7-9,14-17,22,25H,1-6,10-13H2.